The molecule has 0 radical (unpaired) electrons. The molecule has 0 saturated carbocycles. The molecule has 6 heteroatoms. The molecule has 0 aliphatic heterocycles. The molecule has 0 bridgehead atoms. The van der Waals surface area contributed by atoms with Crippen molar-refractivity contribution in [3.05, 3.63) is 30.1 Å². The summed E-state index contributed by atoms with van der Waals surface area (Å²) in [5.41, 5.74) is 5.25. The van der Waals surface area contributed by atoms with Crippen molar-refractivity contribution in [2.75, 3.05) is 6.61 Å². The Kier molecular flexibility index (Phi) is 4.26. The van der Waals surface area contributed by atoms with Crippen molar-refractivity contribution >= 4 is 12.1 Å². The summed E-state index contributed by atoms with van der Waals surface area (Å²) < 4.78 is 10.9. The third-order valence-corrected chi connectivity index (χ3v) is 1.76. The Hall–Kier alpha value is -2.11. The number of carbonyl (C=O) groups excluding carboxylic acids is 2. The van der Waals surface area contributed by atoms with Crippen LogP contribution in [0.2, 0.25) is 0 Å². The number of esters is 1. The molecular formula is C10H13N2O4+. The zero-order valence-electron chi connectivity index (χ0n) is 8.88. The standard InChI is InChI=1S/C10H12N2O4/c1-2-15-9(13)8-3-5-12(6-4-8)7-16-10(11)14/h3-6H,2,7H2,1H3,(H-,11,14)/p+1. The fourth-order valence-corrected chi connectivity index (χ4v) is 1.03. The molecule has 0 aliphatic rings. The maximum absolute atomic E-state index is 11.3. The number of nitrogens with zero attached hydrogens (tertiary/aromatic N) is 1. The van der Waals surface area contributed by atoms with Gasteiger partial charge in [0.1, 0.15) is 0 Å². The van der Waals surface area contributed by atoms with Gasteiger partial charge in [0.15, 0.2) is 12.4 Å². The van der Waals surface area contributed by atoms with E-state index in [4.69, 9.17) is 10.5 Å². The molecule has 1 rings (SSSR count). The van der Waals surface area contributed by atoms with Crippen LogP contribution in [0, 0.1) is 0 Å². The van der Waals surface area contributed by atoms with Gasteiger partial charge in [-0.15, -0.1) is 0 Å². The molecule has 1 amide bonds. The van der Waals surface area contributed by atoms with Crippen molar-refractivity contribution in [3.63, 3.8) is 0 Å². The number of aromatic nitrogens is 1. The number of hydrogen-bond donors (Lipinski definition) is 1. The molecule has 6 nitrogen and oxygen atoms in total. The highest BCUT2D eigenvalue weighted by atomic mass is 16.6. The van der Waals surface area contributed by atoms with Crippen molar-refractivity contribution in [1.29, 1.82) is 0 Å². The first kappa shape index (κ1) is 12.0. The Balaban J connectivity index is 2.60. The Morgan fingerprint density at radius 3 is 2.44 bits per heavy atom. The van der Waals surface area contributed by atoms with Crippen molar-refractivity contribution in [3.8, 4) is 0 Å². The molecule has 1 aromatic heterocycles. The molecule has 0 atom stereocenters. The Bertz CT molecular complexity index is 375. The second-order valence-corrected chi connectivity index (χ2v) is 2.91. The van der Waals surface area contributed by atoms with Gasteiger partial charge in [0, 0.05) is 12.1 Å². The first-order valence-corrected chi connectivity index (χ1v) is 4.72. The molecule has 0 unspecified atom stereocenters. The fraction of sp³-hybridized carbons (Fsp3) is 0.300. The Labute approximate surface area is 92.6 Å². The molecule has 16 heavy (non-hydrogen) atoms. The van der Waals surface area contributed by atoms with Crippen LogP contribution in [-0.4, -0.2) is 18.7 Å². The molecule has 1 heterocycles. The van der Waals surface area contributed by atoms with E-state index >= 15 is 0 Å². The summed E-state index contributed by atoms with van der Waals surface area (Å²) in [6, 6.07) is 3.14. The van der Waals surface area contributed by atoms with Crippen LogP contribution >= 0.6 is 0 Å². The number of nitrogens with two attached hydrogens (primary N) is 1. The van der Waals surface area contributed by atoms with Crippen molar-refractivity contribution in [2.24, 2.45) is 5.73 Å². The zero-order chi connectivity index (χ0) is 12.0. The van der Waals surface area contributed by atoms with E-state index in [0.717, 1.165) is 0 Å². The monoisotopic (exact) mass is 225 g/mol. The third kappa shape index (κ3) is 3.56. The average Bonchev–Trinajstić information content (AvgIpc) is 2.27. The van der Waals surface area contributed by atoms with E-state index in [-0.39, 0.29) is 12.7 Å². The smallest absolute Gasteiger partial charge is 0.409 e. The van der Waals surface area contributed by atoms with Gasteiger partial charge >= 0.3 is 12.1 Å². The lowest BCUT2D eigenvalue weighted by molar-refractivity contribution is -0.727. The highest BCUT2D eigenvalue weighted by Crippen LogP contribution is 1.98. The number of amides is 1. The molecule has 0 aromatic carbocycles. The molecule has 1 aromatic rings. The molecule has 0 saturated heterocycles. The Morgan fingerprint density at radius 1 is 1.31 bits per heavy atom. The first-order valence-electron chi connectivity index (χ1n) is 4.72. The summed E-state index contributed by atoms with van der Waals surface area (Å²) in [6.07, 6.45) is 2.34. The van der Waals surface area contributed by atoms with Crippen LogP contribution in [0.25, 0.3) is 0 Å². The summed E-state index contributed by atoms with van der Waals surface area (Å²) in [6.45, 7) is 2.08. The van der Waals surface area contributed by atoms with E-state index in [2.05, 4.69) is 4.74 Å². The summed E-state index contributed by atoms with van der Waals surface area (Å²) >= 11 is 0. The van der Waals surface area contributed by atoms with E-state index < -0.39 is 6.09 Å². The second kappa shape index (κ2) is 5.69. The summed E-state index contributed by atoms with van der Waals surface area (Å²) in [4.78, 5) is 21.6. The van der Waals surface area contributed by atoms with Crippen LogP contribution < -0.4 is 10.3 Å². The van der Waals surface area contributed by atoms with Crippen molar-refractivity contribution < 1.29 is 23.6 Å². The molecule has 2 N–H and O–H groups in total. The lowest BCUT2D eigenvalue weighted by Gasteiger charge is -2.00. The van der Waals surface area contributed by atoms with Crippen LogP contribution in [0.1, 0.15) is 17.3 Å². The van der Waals surface area contributed by atoms with Gasteiger partial charge in [0.25, 0.3) is 6.73 Å². The third-order valence-electron chi connectivity index (χ3n) is 1.76. The largest absolute Gasteiger partial charge is 0.462 e. The minimum absolute atomic E-state index is 0.0123. The first-order chi connectivity index (χ1) is 7.63. The summed E-state index contributed by atoms with van der Waals surface area (Å²) in [5, 5.41) is 0. The highest BCUT2D eigenvalue weighted by Gasteiger charge is 2.09. The lowest BCUT2D eigenvalue weighted by atomic mass is 10.3. The minimum atomic E-state index is -0.845. The topological polar surface area (TPSA) is 82.5 Å². The Morgan fingerprint density at radius 2 is 1.94 bits per heavy atom. The van der Waals surface area contributed by atoms with Crippen LogP contribution in [0.4, 0.5) is 4.79 Å². The number of pyridine rings is 1. The molecular weight excluding hydrogens is 212 g/mol. The van der Waals surface area contributed by atoms with Crippen molar-refractivity contribution in [1.82, 2.24) is 0 Å². The number of carbonyl (C=O) groups is 2. The maximum atomic E-state index is 11.3. The summed E-state index contributed by atoms with van der Waals surface area (Å²) in [5.74, 6) is -0.384. The highest BCUT2D eigenvalue weighted by molar-refractivity contribution is 5.88. The van der Waals surface area contributed by atoms with Crippen LogP contribution in [-0.2, 0) is 16.2 Å². The number of ether oxygens (including phenoxy) is 2. The molecule has 86 valence electrons. The van der Waals surface area contributed by atoms with E-state index in [9.17, 15) is 9.59 Å². The van der Waals surface area contributed by atoms with E-state index in [0.29, 0.717) is 12.2 Å². The second-order valence-electron chi connectivity index (χ2n) is 2.91. The van der Waals surface area contributed by atoms with Crippen LogP contribution in [0.3, 0.4) is 0 Å². The molecule has 0 fully saturated rings. The van der Waals surface area contributed by atoms with Gasteiger partial charge in [-0.05, 0) is 6.92 Å². The van der Waals surface area contributed by atoms with E-state index in [1.54, 1.807) is 36.0 Å². The van der Waals surface area contributed by atoms with Gasteiger partial charge in [-0.25, -0.2) is 9.59 Å². The van der Waals surface area contributed by atoms with Gasteiger partial charge in [0.05, 0.1) is 12.2 Å². The van der Waals surface area contributed by atoms with Gasteiger partial charge in [-0.2, -0.15) is 4.57 Å². The van der Waals surface area contributed by atoms with Gasteiger partial charge < -0.3 is 15.2 Å². The summed E-state index contributed by atoms with van der Waals surface area (Å²) in [7, 11) is 0. The average molecular weight is 225 g/mol. The normalized spacial score (nSPS) is 9.56. The minimum Gasteiger partial charge on any atom is -0.462 e. The van der Waals surface area contributed by atoms with Gasteiger partial charge in [-0.3, -0.25) is 0 Å². The van der Waals surface area contributed by atoms with Crippen molar-refractivity contribution in [2.45, 2.75) is 13.7 Å². The van der Waals surface area contributed by atoms with E-state index in [1.165, 1.54) is 0 Å². The quantitative estimate of drug-likeness (QED) is 0.586. The van der Waals surface area contributed by atoms with Crippen LogP contribution in [0.5, 0.6) is 0 Å². The lowest BCUT2D eigenvalue weighted by Crippen LogP contribution is -2.36. The predicted molar refractivity (Wildman–Crippen MR) is 53.3 cm³/mol. The number of hydrogen-bond acceptors (Lipinski definition) is 4. The van der Waals surface area contributed by atoms with E-state index in [1.807, 2.05) is 0 Å². The molecule has 0 spiro atoms. The zero-order valence-corrected chi connectivity index (χ0v) is 8.88. The number of primary amides is 1. The molecule has 0 aliphatic carbocycles. The van der Waals surface area contributed by atoms with Crippen LogP contribution in [0.15, 0.2) is 24.5 Å². The predicted octanol–water partition coefficient (Wildman–Crippen LogP) is 0.204. The number of rotatable bonds is 4. The maximum Gasteiger partial charge on any atom is 0.409 e. The fourth-order valence-electron chi connectivity index (χ4n) is 1.03. The van der Waals surface area contributed by atoms with Gasteiger partial charge in [-0.1, -0.05) is 0 Å². The SMILES string of the molecule is CCOC(=O)c1cc[n+](COC(N)=O)cc1. The van der Waals surface area contributed by atoms with Gasteiger partial charge in [0.2, 0.25) is 0 Å².